The lowest BCUT2D eigenvalue weighted by atomic mass is 10.0. The first-order valence-corrected chi connectivity index (χ1v) is 12.3. The molecule has 4 rings (SSSR count). The zero-order valence-corrected chi connectivity index (χ0v) is 22.2. The van der Waals surface area contributed by atoms with Crippen molar-refractivity contribution in [2.75, 3.05) is 7.05 Å². The van der Waals surface area contributed by atoms with Crippen LogP contribution in [0.4, 0.5) is 13.2 Å². The molecular formula is C30H29F3N4O2. The van der Waals surface area contributed by atoms with Crippen molar-refractivity contribution in [3.05, 3.63) is 117 Å². The maximum absolute atomic E-state index is 13.0. The first kappa shape index (κ1) is 27.6. The average Bonchev–Trinajstić information content (AvgIpc) is 2.89. The van der Waals surface area contributed by atoms with Gasteiger partial charge >= 0.3 is 6.18 Å². The Morgan fingerprint density at radius 3 is 2.62 bits per heavy atom. The van der Waals surface area contributed by atoms with Crippen molar-refractivity contribution >= 4 is 16.6 Å². The minimum atomic E-state index is -4.59. The van der Waals surface area contributed by atoms with E-state index in [9.17, 15) is 18.0 Å². The molecule has 0 spiro atoms. The summed E-state index contributed by atoms with van der Waals surface area (Å²) in [5, 5.41) is 4.17. The fourth-order valence-corrected chi connectivity index (χ4v) is 4.42. The number of hydrogen-bond donors (Lipinski definition) is 1. The fraction of sp³-hybridized carbons (Fsp3) is 0.233. The van der Waals surface area contributed by atoms with Crippen molar-refractivity contribution in [3.8, 4) is 5.75 Å². The van der Waals surface area contributed by atoms with Crippen LogP contribution in [-0.2, 0) is 19.3 Å². The molecule has 4 aromatic rings. The summed E-state index contributed by atoms with van der Waals surface area (Å²) in [6.45, 7) is 9.82. The predicted molar refractivity (Wildman–Crippen MR) is 146 cm³/mol. The van der Waals surface area contributed by atoms with Gasteiger partial charge in [-0.3, -0.25) is 9.78 Å². The highest BCUT2D eigenvalue weighted by Crippen LogP contribution is 2.32. The monoisotopic (exact) mass is 534 g/mol. The predicted octanol–water partition coefficient (Wildman–Crippen LogP) is 6.19. The Balaban J connectivity index is 1.69. The van der Waals surface area contributed by atoms with Crippen LogP contribution in [0.2, 0.25) is 0 Å². The molecule has 0 unspecified atom stereocenters. The normalized spacial score (nSPS) is 12.3. The van der Waals surface area contributed by atoms with Gasteiger partial charge in [0.1, 0.15) is 17.9 Å². The van der Waals surface area contributed by atoms with Gasteiger partial charge in [0.15, 0.2) is 0 Å². The van der Waals surface area contributed by atoms with E-state index in [1.165, 1.54) is 4.57 Å². The zero-order valence-electron chi connectivity index (χ0n) is 22.2. The van der Waals surface area contributed by atoms with E-state index in [1.807, 2.05) is 58.2 Å². The summed E-state index contributed by atoms with van der Waals surface area (Å²) in [6, 6.07) is 11.0. The summed E-state index contributed by atoms with van der Waals surface area (Å²) >= 11 is 0. The summed E-state index contributed by atoms with van der Waals surface area (Å²) in [7, 11) is 1.86. The maximum Gasteiger partial charge on any atom is 0.416 e. The van der Waals surface area contributed by atoms with Crippen molar-refractivity contribution in [2.45, 2.75) is 40.1 Å². The summed E-state index contributed by atoms with van der Waals surface area (Å²) in [6.07, 6.45) is -0.0526. The van der Waals surface area contributed by atoms with Gasteiger partial charge in [-0.25, -0.2) is 4.98 Å². The van der Waals surface area contributed by atoms with Crippen molar-refractivity contribution < 1.29 is 17.9 Å². The lowest BCUT2D eigenvalue weighted by Gasteiger charge is -2.17. The van der Waals surface area contributed by atoms with Gasteiger partial charge in [-0.15, -0.1) is 0 Å². The summed E-state index contributed by atoms with van der Waals surface area (Å²) < 4.78 is 46.5. The number of nitrogens with zero attached hydrogens (tertiary/aromatic N) is 3. The van der Waals surface area contributed by atoms with Crippen LogP contribution in [0.1, 0.15) is 40.6 Å². The Bertz CT molecular complexity index is 1640. The Morgan fingerprint density at radius 2 is 1.95 bits per heavy atom. The van der Waals surface area contributed by atoms with E-state index in [-0.39, 0.29) is 13.2 Å². The molecule has 0 saturated heterocycles. The Kier molecular flexibility index (Phi) is 7.90. The number of aromatic nitrogens is 3. The quantitative estimate of drug-likeness (QED) is 0.273. The molecule has 6 nitrogen and oxygen atoms in total. The highest BCUT2D eigenvalue weighted by atomic mass is 19.4. The molecule has 0 fully saturated rings. The Hall–Kier alpha value is -4.40. The van der Waals surface area contributed by atoms with Gasteiger partial charge in [0, 0.05) is 53.4 Å². The molecule has 3 heterocycles. The second-order valence-corrected chi connectivity index (χ2v) is 9.20. The lowest BCUT2D eigenvalue weighted by molar-refractivity contribution is -0.137. The van der Waals surface area contributed by atoms with Gasteiger partial charge < -0.3 is 14.6 Å². The molecule has 0 bridgehead atoms. The number of hydrogen-bond acceptors (Lipinski definition) is 5. The number of aryl methyl sites for hydroxylation is 2. The molecule has 0 aliphatic rings. The summed E-state index contributed by atoms with van der Waals surface area (Å²) in [4.78, 5) is 21.6. The zero-order chi connectivity index (χ0) is 28.3. The Labute approximate surface area is 224 Å². The Morgan fingerprint density at radius 1 is 1.18 bits per heavy atom. The number of alkyl halides is 3. The molecular weight excluding hydrogens is 505 g/mol. The smallest absolute Gasteiger partial charge is 0.416 e. The van der Waals surface area contributed by atoms with E-state index >= 15 is 0 Å². The highest BCUT2D eigenvalue weighted by Gasteiger charge is 2.31. The molecule has 0 aliphatic heterocycles. The van der Waals surface area contributed by atoms with E-state index in [0.29, 0.717) is 23.0 Å². The van der Waals surface area contributed by atoms with Crippen molar-refractivity contribution in [1.82, 2.24) is 19.9 Å². The van der Waals surface area contributed by atoms with E-state index < -0.39 is 17.3 Å². The minimum Gasteiger partial charge on any atom is -0.487 e. The van der Waals surface area contributed by atoms with E-state index in [2.05, 4.69) is 16.9 Å². The van der Waals surface area contributed by atoms with Crippen molar-refractivity contribution in [2.24, 2.45) is 0 Å². The second kappa shape index (κ2) is 11.1. The number of pyridine rings is 3. The first-order valence-electron chi connectivity index (χ1n) is 12.3. The van der Waals surface area contributed by atoms with Crippen LogP contribution in [-0.4, -0.2) is 21.6 Å². The maximum atomic E-state index is 13.0. The molecule has 1 aromatic carbocycles. The third-order valence-electron chi connectivity index (χ3n) is 6.55. The molecule has 202 valence electrons. The third-order valence-corrected chi connectivity index (χ3v) is 6.55. The molecule has 1 N–H and O–H groups in total. The topological polar surface area (TPSA) is 69.0 Å². The molecule has 0 atom stereocenters. The fourth-order valence-electron chi connectivity index (χ4n) is 4.42. The van der Waals surface area contributed by atoms with Crippen molar-refractivity contribution in [1.29, 1.82) is 0 Å². The molecule has 9 heteroatoms. The number of benzene rings is 1. The minimum absolute atomic E-state index is 0.00550. The van der Waals surface area contributed by atoms with Crippen LogP contribution < -0.4 is 15.6 Å². The third kappa shape index (κ3) is 5.87. The number of nitrogens with one attached hydrogen (secondary N) is 1. The summed E-state index contributed by atoms with van der Waals surface area (Å²) in [5.41, 5.74) is 4.82. The molecule has 0 radical (unpaired) electrons. The van der Waals surface area contributed by atoms with E-state index in [1.54, 1.807) is 12.3 Å². The largest absolute Gasteiger partial charge is 0.487 e. The lowest BCUT2D eigenvalue weighted by Crippen LogP contribution is -2.23. The SMILES string of the molecule is C=C/C(C)=C(\NC)c1cc(C)nc2c(OCc3c(C)ccnc3Cn3ccc(C(F)(F)F)cc3=O)cccc12. The van der Waals surface area contributed by atoms with Crippen LogP contribution in [0, 0.1) is 13.8 Å². The van der Waals surface area contributed by atoms with Crippen LogP contribution in [0.25, 0.3) is 16.6 Å². The van der Waals surface area contributed by atoms with Gasteiger partial charge in [0.2, 0.25) is 0 Å². The molecule has 0 aliphatic carbocycles. The second-order valence-electron chi connectivity index (χ2n) is 9.20. The van der Waals surface area contributed by atoms with Gasteiger partial charge in [-0.1, -0.05) is 24.8 Å². The summed E-state index contributed by atoms with van der Waals surface area (Å²) in [5.74, 6) is 0.574. The molecule has 0 amide bonds. The first-order chi connectivity index (χ1) is 18.5. The number of allylic oxidation sites excluding steroid dienone is 2. The standard InChI is InChI=1S/C30H29F3N4O2/c1-6-18(2)28(34-5)23-14-20(4)36-29-22(23)8-7-9-26(29)39-17-24-19(3)10-12-35-25(24)16-37-13-11-21(15-27(37)38)30(31,32)33/h6-15,34H,1,16-17H2,2-5H3/b28-18-. The van der Waals surface area contributed by atoms with Gasteiger partial charge in [-0.2, -0.15) is 13.2 Å². The number of halogens is 3. The number of para-hydroxylation sites is 1. The number of fused-ring (bicyclic) bond motifs is 1. The highest BCUT2D eigenvalue weighted by molar-refractivity contribution is 5.95. The van der Waals surface area contributed by atoms with Crippen LogP contribution in [0.3, 0.4) is 0 Å². The van der Waals surface area contributed by atoms with E-state index in [0.717, 1.165) is 51.3 Å². The number of rotatable bonds is 8. The number of ether oxygens (including phenoxy) is 1. The van der Waals surface area contributed by atoms with Gasteiger partial charge in [-0.05, 0) is 56.2 Å². The van der Waals surface area contributed by atoms with E-state index in [4.69, 9.17) is 9.72 Å². The molecule has 39 heavy (non-hydrogen) atoms. The van der Waals surface area contributed by atoms with Crippen LogP contribution in [0.15, 0.2) is 77.9 Å². The van der Waals surface area contributed by atoms with Crippen LogP contribution >= 0.6 is 0 Å². The average molecular weight is 535 g/mol. The van der Waals surface area contributed by atoms with Gasteiger partial charge in [0.05, 0.1) is 17.8 Å². The molecule has 3 aromatic heterocycles. The van der Waals surface area contributed by atoms with Gasteiger partial charge in [0.25, 0.3) is 5.56 Å². The van der Waals surface area contributed by atoms with Crippen LogP contribution in [0.5, 0.6) is 5.75 Å². The molecule has 0 saturated carbocycles. The van der Waals surface area contributed by atoms with Crippen molar-refractivity contribution in [3.63, 3.8) is 0 Å².